The van der Waals surface area contributed by atoms with Crippen LogP contribution in [-0.2, 0) is 4.79 Å². The molecule has 48 valence electrons. The van der Waals surface area contributed by atoms with Crippen LogP contribution in [0.25, 0.3) is 0 Å². The highest BCUT2D eigenvalue weighted by Crippen LogP contribution is 1.96. The Balaban J connectivity index is 4.25. The minimum Gasteiger partial charge on any atom is -0.480 e. The first-order valence-corrected chi connectivity index (χ1v) is 2.25. The predicted octanol–water partition coefficient (Wildman–Crippen LogP) is 0.0543. The van der Waals surface area contributed by atoms with Gasteiger partial charge in [0.25, 0.3) is 0 Å². The molecule has 3 N–H and O–H groups in total. The second-order valence-electron chi connectivity index (χ2n) is 1.65. The first-order chi connectivity index (χ1) is 4.76. The summed E-state index contributed by atoms with van der Waals surface area (Å²) in [7, 11) is 0. The van der Waals surface area contributed by atoms with E-state index < -0.39 is 24.8 Å². The third-order valence-corrected chi connectivity index (χ3v) is 0.824. The first-order valence-electron chi connectivity index (χ1n) is 3.75. The van der Waals surface area contributed by atoms with Gasteiger partial charge in [-0.15, -0.1) is 0 Å². The molecule has 3 nitrogen and oxygen atoms in total. The Morgan fingerprint density at radius 2 is 2.50 bits per heavy atom. The summed E-state index contributed by atoms with van der Waals surface area (Å²) in [6.45, 7) is -0.996. The number of hydrogen-bond acceptors (Lipinski definition) is 2. The number of carboxylic acids is 1. The van der Waals surface area contributed by atoms with Gasteiger partial charge >= 0.3 is 5.97 Å². The average molecular weight is 120 g/mol. The molecule has 0 aromatic rings. The third kappa shape index (κ3) is 1.93. The first kappa shape index (κ1) is 3.45. The van der Waals surface area contributed by atoms with Gasteiger partial charge in [-0.1, -0.05) is 13.8 Å². The second-order valence-corrected chi connectivity index (χ2v) is 1.65. The molecule has 0 amide bonds. The Labute approximate surface area is 52.7 Å². The van der Waals surface area contributed by atoms with Crippen molar-refractivity contribution in [3.05, 3.63) is 0 Å². The smallest absolute Gasteiger partial charge is 0.320 e. The van der Waals surface area contributed by atoms with Gasteiger partial charge in [-0.2, -0.15) is 0 Å². The zero-order valence-corrected chi connectivity index (χ0v) is 4.59. The van der Waals surface area contributed by atoms with E-state index in [4.69, 9.17) is 15.0 Å². The lowest BCUT2D eigenvalue weighted by atomic mass is 10.1. The molecule has 0 heterocycles. The molecule has 0 rings (SSSR count). The predicted molar refractivity (Wildman–Crippen MR) is 30.4 cm³/mol. The molecule has 2 atom stereocenters. The minimum atomic E-state index is -2.29. The van der Waals surface area contributed by atoms with Gasteiger partial charge < -0.3 is 10.8 Å². The highest BCUT2D eigenvalue weighted by atomic mass is 16.4. The maximum atomic E-state index is 10.2. The summed E-state index contributed by atoms with van der Waals surface area (Å²) in [6.07, 6.45) is 0. The van der Waals surface area contributed by atoms with Crippen LogP contribution in [-0.4, -0.2) is 17.1 Å². The Morgan fingerprint density at radius 3 is 2.62 bits per heavy atom. The lowest BCUT2D eigenvalue weighted by Crippen LogP contribution is -2.34. The number of hydrogen-bond donors (Lipinski definition) is 2. The van der Waals surface area contributed by atoms with Crippen molar-refractivity contribution in [2.45, 2.75) is 19.8 Å². The molecule has 8 heavy (non-hydrogen) atoms. The summed E-state index contributed by atoms with van der Waals surface area (Å²) in [4.78, 5) is 10.2. The normalized spacial score (nSPS) is 24.5. The quantitative estimate of drug-likeness (QED) is 0.541. The zero-order chi connectivity index (χ0) is 9.23. The second kappa shape index (κ2) is 2.67. The number of nitrogens with two attached hydrogens (primary N) is 1. The van der Waals surface area contributed by atoms with Crippen LogP contribution in [0.4, 0.5) is 0 Å². The Hall–Kier alpha value is -0.570. The average Bonchev–Trinajstić information content (AvgIpc) is 1.82. The van der Waals surface area contributed by atoms with Crippen molar-refractivity contribution in [1.29, 1.82) is 0 Å². The van der Waals surface area contributed by atoms with Crippen molar-refractivity contribution in [3.8, 4) is 0 Å². The summed E-state index contributed by atoms with van der Waals surface area (Å²) in [5.74, 6) is -2.30. The molecule has 0 fully saturated rings. The highest BCUT2D eigenvalue weighted by Gasteiger charge is 2.14. The molecule has 0 aliphatic rings. The van der Waals surface area contributed by atoms with E-state index in [-0.39, 0.29) is 0 Å². The lowest BCUT2D eigenvalue weighted by molar-refractivity contribution is -0.139. The molecule has 0 aromatic heterocycles. The van der Waals surface area contributed by atoms with Crippen LogP contribution in [0.5, 0.6) is 0 Å². The Morgan fingerprint density at radius 1 is 2.00 bits per heavy atom. The number of carbonyl (C=O) groups is 1. The standard InChI is InChI=1S/C5H11NO2/c1-3(2)4(6)5(7)8/h3-4H,6H2,1-2H3,(H,7,8)/t4-/m0/s1/i1D3/t3?,4-. The SMILES string of the molecule is [2H]C([2H])([2H])C(C)[C@H](N)C(=O)O. The molecular weight excluding hydrogens is 106 g/mol. The fraction of sp³-hybridized carbons (Fsp3) is 0.800. The number of carboxylic acid groups (broad SMARTS) is 1. The van der Waals surface area contributed by atoms with Crippen molar-refractivity contribution in [2.24, 2.45) is 11.7 Å². The molecule has 0 aliphatic heterocycles. The van der Waals surface area contributed by atoms with Crippen molar-refractivity contribution in [2.75, 3.05) is 0 Å². The maximum Gasteiger partial charge on any atom is 0.320 e. The van der Waals surface area contributed by atoms with Gasteiger partial charge in [0.1, 0.15) is 6.04 Å². The number of aliphatic carboxylic acids is 1. The molecule has 1 unspecified atom stereocenters. The van der Waals surface area contributed by atoms with Crippen molar-refractivity contribution >= 4 is 5.97 Å². The summed E-state index contributed by atoms with van der Waals surface area (Å²) in [6, 6.07) is -1.32. The largest absolute Gasteiger partial charge is 0.480 e. The summed E-state index contributed by atoms with van der Waals surface area (Å²) in [5.41, 5.74) is 5.09. The van der Waals surface area contributed by atoms with Gasteiger partial charge in [-0.05, 0) is 5.92 Å². The van der Waals surface area contributed by atoms with Crippen LogP contribution in [0.2, 0.25) is 0 Å². The third-order valence-electron chi connectivity index (χ3n) is 0.824. The van der Waals surface area contributed by atoms with Crippen LogP contribution in [0.15, 0.2) is 0 Å². The van der Waals surface area contributed by atoms with E-state index in [1.807, 2.05) is 0 Å². The minimum absolute atomic E-state index is 1.01. The molecule has 0 spiro atoms. The van der Waals surface area contributed by atoms with E-state index in [1.54, 1.807) is 0 Å². The lowest BCUT2D eigenvalue weighted by Gasteiger charge is -2.07. The van der Waals surface area contributed by atoms with Crippen LogP contribution in [0.1, 0.15) is 17.9 Å². The van der Waals surface area contributed by atoms with E-state index in [0.29, 0.717) is 0 Å². The fourth-order valence-corrected chi connectivity index (χ4v) is 0.214. The topological polar surface area (TPSA) is 63.3 Å². The zero-order valence-electron chi connectivity index (χ0n) is 7.59. The maximum absolute atomic E-state index is 10.2. The summed E-state index contributed by atoms with van der Waals surface area (Å²) < 4.78 is 20.6. The van der Waals surface area contributed by atoms with E-state index in [0.717, 1.165) is 0 Å². The highest BCUT2D eigenvalue weighted by molar-refractivity contribution is 5.73. The van der Waals surface area contributed by atoms with Crippen LogP contribution < -0.4 is 5.73 Å². The van der Waals surface area contributed by atoms with E-state index in [2.05, 4.69) is 0 Å². The monoisotopic (exact) mass is 120 g/mol. The van der Waals surface area contributed by atoms with Crippen molar-refractivity contribution in [3.63, 3.8) is 0 Å². The molecule has 0 bridgehead atoms. The van der Waals surface area contributed by atoms with Gasteiger partial charge in [-0.3, -0.25) is 4.79 Å². The van der Waals surface area contributed by atoms with Gasteiger partial charge in [-0.25, -0.2) is 0 Å². The van der Waals surface area contributed by atoms with Gasteiger partial charge in [0, 0.05) is 4.11 Å². The van der Waals surface area contributed by atoms with E-state index >= 15 is 0 Å². The Kier molecular flexibility index (Phi) is 1.15. The fourth-order valence-electron chi connectivity index (χ4n) is 0.214. The van der Waals surface area contributed by atoms with E-state index in [9.17, 15) is 4.79 Å². The molecular formula is C5H11NO2. The van der Waals surface area contributed by atoms with Crippen LogP contribution in [0.3, 0.4) is 0 Å². The van der Waals surface area contributed by atoms with Crippen molar-refractivity contribution < 1.29 is 14.0 Å². The molecule has 3 heteroatoms. The Bertz CT molecular complexity index is 156. The van der Waals surface area contributed by atoms with Crippen molar-refractivity contribution in [1.82, 2.24) is 0 Å². The van der Waals surface area contributed by atoms with E-state index in [1.165, 1.54) is 6.92 Å². The summed E-state index contributed by atoms with van der Waals surface area (Å²) >= 11 is 0. The van der Waals surface area contributed by atoms with Gasteiger partial charge in [0.05, 0.1) is 0 Å². The van der Waals surface area contributed by atoms with Crippen LogP contribution in [0, 0.1) is 5.92 Å². The van der Waals surface area contributed by atoms with Gasteiger partial charge in [0.2, 0.25) is 0 Å². The van der Waals surface area contributed by atoms with Crippen LogP contribution >= 0.6 is 0 Å². The molecule has 0 aliphatic carbocycles. The molecule has 0 radical (unpaired) electrons. The van der Waals surface area contributed by atoms with Gasteiger partial charge in [0.15, 0.2) is 0 Å². The molecule has 0 saturated carbocycles. The summed E-state index contributed by atoms with van der Waals surface area (Å²) in [5, 5.41) is 8.34. The number of rotatable bonds is 2. The molecule has 0 aromatic carbocycles. The molecule has 0 saturated heterocycles.